The monoisotopic (exact) mass is 344 g/mol. The van der Waals surface area contributed by atoms with Gasteiger partial charge in [0.1, 0.15) is 0 Å². The van der Waals surface area contributed by atoms with E-state index in [1.54, 1.807) is 11.3 Å². The molecule has 0 bridgehead atoms. The molecule has 2 aromatic rings. The number of hydrogen-bond donors (Lipinski definition) is 2. The van der Waals surface area contributed by atoms with Crippen LogP contribution in [-0.2, 0) is 19.4 Å². The Morgan fingerprint density at radius 2 is 1.88 bits per heavy atom. The van der Waals surface area contributed by atoms with E-state index in [9.17, 15) is 0 Å². The molecule has 0 amide bonds. The van der Waals surface area contributed by atoms with Crippen molar-refractivity contribution >= 4 is 17.3 Å². The number of aryl methyl sites for hydroxylation is 3. The lowest BCUT2D eigenvalue weighted by molar-refractivity contribution is 0.794. The Hall–Kier alpha value is -1.88. The van der Waals surface area contributed by atoms with E-state index in [2.05, 4.69) is 67.6 Å². The van der Waals surface area contributed by atoms with Gasteiger partial charge >= 0.3 is 0 Å². The second kappa shape index (κ2) is 9.42. The van der Waals surface area contributed by atoms with Gasteiger partial charge in [-0.05, 0) is 38.3 Å². The molecule has 0 aliphatic heterocycles. The van der Waals surface area contributed by atoms with Crippen LogP contribution >= 0.6 is 11.3 Å². The fourth-order valence-electron chi connectivity index (χ4n) is 2.50. The summed E-state index contributed by atoms with van der Waals surface area (Å²) in [5.41, 5.74) is 3.81. The van der Waals surface area contributed by atoms with Gasteiger partial charge in [-0.3, -0.25) is 0 Å². The van der Waals surface area contributed by atoms with Crippen LogP contribution in [0.5, 0.6) is 0 Å². The molecule has 0 atom stereocenters. The number of aromatic nitrogens is 1. The Morgan fingerprint density at radius 1 is 1.12 bits per heavy atom. The van der Waals surface area contributed by atoms with Crippen LogP contribution in [0.25, 0.3) is 0 Å². The van der Waals surface area contributed by atoms with Crippen molar-refractivity contribution in [1.82, 2.24) is 15.6 Å². The van der Waals surface area contributed by atoms with Gasteiger partial charge in [0, 0.05) is 24.4 Å². The molecule has 0 saturated carbocycles. The third-order valence-electron chi connectivity index (χ3n) is 3.96. The molecular weight excluding hydrogens is 316 g/mol. The van der Waals surface area contributed by atoms with Gasteiger partial charge in [-0.25, -0.2) is 9.98 Å². The van der Waals surface area contributed by atoms with E-state index in [1.165, 1.54) is 21.0 Å². The molecule has 1 aromatic heterocycles. The maximum atomic E-state index is 4.72. The van der Waals surface area contributed by atoms with Crippen molar-refractivity contribution in [2.45, 2.75) is 47.1 Å². The maximum Gasteiger partial charge on any atom is 0.191 e. The predicted molar refractivity (Wildman–Crippen MR) is 104 cm³/mol. The average molecular weight is 345 g/mol. The van der Waals surface area contributed by atoms with Crippen LogP contribution in [-0.4, -0.2) is 24.0 Å². The number of nitrogens with zero attached hydrogens (tertiary/aromatic N) is 2. The Morgan fingerprint density at radius 3 is 2.50 bits per heavy atom. The summed E-state index contributed by atoms with van der Waals surface area (Å²) in [6.45, 7) is 10.9. The molecule has 1 aromatic carbocycles. The zero-order valence-electron chi connectivity index (χ0n) is 15.1. The highest BCUT2D eigenvalue weighted by atomic mass is 32.1. The first kappa shape index (κ1) is 18.5. The number of benzene rings is 1. The number of thiazole rings is 1. The first-order valence-electron chi connectivity index (χ1n) is 8.65. The van der Waals surface area contributed by atoms with Crippen LogP contribution < -0.4 is 10.6 Å². The predicted octanol–water partition coefficient (Wildman–Crippen LogP) is 3.62. The van der Waals surface area contributed by atoms with Gasteiger partial charge in [-0.2, -0.15) is 0 Å². The van der Waals surface area contributed by atoms with Crippen molar-refractivity contribution in [3.05, 3.63) is 51.0 Å². The highest BCUT2D eigenvalue weighted by Gasteiger charge is 2.05. The van der Waals surface area contributed by atoms with Crippen LogP contribution in [0.1, 0.15) is 40.6 Å². The number of hydrogen-bond acceptors (Lipinski definition) is 3. The number of aliphatic imine (C=N–C) groups is 1. The summed E-state index contributed by atoms with van der Waals surface area (Å²) >= 11 is 1.78. The molecule has 24 heavy (non-hydrogen) atoms. The molecular formula is C19H28N4S. The lowest BCUT2D eigenvalue weighted by atomic mass is 10.1. The summed E-state index contributed by atoms with van der Waals surface area (Å²) in [4.78, 5) is 10.6. The summed E-state index contributed by atoms with van der Waals surface area (Å²) in [5.74, 6) is 0.869. The Kier molecular flexibility index (Phi) is 7.25. The van der Waals surface area contributed by atoms with Crippen LogP contribution in [0.2, 0.25) is 0 Å². The molecule has 0 fully saturated rings. The van der Waals surface area contributed by atoms with Crippen LogP contribution in [0.15, 0.2) is 29.3 Å². The van der Waals surface area contributed by atoms with E-state index in [1.807, 2.05) is 0 Å². The Labute approximate surface area is 149 Å². The van der Waals surface area contributed by atoms with Crippen molar-refractivity contribution in [2.24, 2.45) is 4.99 Å². The van der Waals surface area contributed by atoms with Gasteiger partial charge in [0.15, 0.2) is 5.96 Å². The SMILES string of the molecule is CCNC(=NCc1ccccc1CC)NCCc1nc(C)c(C)s1. The lowest BCUT2D eigenvalue weighted by Crippen LogP contribution is -2.38. The molecule has 0 aliphatic rings. The number of rotatable bonds is 7. The summed E-state index contributed by atoms with van der Waals surface area (Å²) in [6.07, 6.45) is 1.97. The highest BCUT2D eigenvalue weighted by molar-refractivity contribution is 7.11. The minimum Gasteiger partial charge on any atom is -0.357 e. The van der Waals surface area contributed by atoms with Gasteiger partial charge in [0.25, 0.3) is 0 Å². The van der Waals surface area contributed by atoms with Crippen LogP contribution in [0.3, 0.4) is 0 Å². The second-order valence-electron chi connectivity index (χ2n) is 5.74. The quantitative estimate of drug-likeness (QED) is 0.596. The first-order valence-corrected chi connectivity index (χ1v) is 9.47. The molecule has 1 heterocycles. The Bertz CT molecular complexity index is 656. The smallest absolute Gasteiger partial charge is 0.191 e. The second-order valence-corrected chi connectivity index (χ2v) is 7.03. The van der Waals surface area contributed by atoms with Gasteiger partial charge in [-0.1, -0.05) is 31.2 Å². The third kappa shape index (κ3) is 5.34. The van der Waals surface area contributed by atoms with Crippen molar-refractivity contribution in [3.8, 4) is 0 Å². The van der Waals surface area contributed by atoms with Crippen molar-refractivity contribution < 1.29 is 0 Å². The normalized spacial score (nSPS) is 11.6. The first-order chi connectivity index (χ1) is 11.6. The van der Waals surface area contributed by atoms with E-state index in [0.29, 0.717) is 6.54 Å². The molecule has 5 heteroatoms. The fourth-order valence-corrected chi connectivity index (χ4v) is 3.43. The summed E-state index contributed by atoms with van der Waals surface area (Å²) in [6, 6.07) is 8.51. The third-order valence-corrected chi connectivity index (χ3v) is 5.09. The molecule has 0 spiro atoms. The standard InChI is InChI=1S/C19H28N4S/c1-5-16-9-7-8-10-17(16)13-22-19(20-6-2)21-12-11-18-23-14(3)15(4)24-18/h7-10H,5-6,11-13H2,1-4H3,(H2,20,21,22). The number of guanidine groups is 1. The molecule has 0 saturated heterocycles. The topological polar surface area (TPSA) is 49.3 Å². The minimum absolute atomic E-state index is 0.703. The molecule has 2 rings (SSSR count). The zero-order chi connectivity index (χ0) is 17.4. The summed E-state index contributed by atoms with van der Waals surface area (Å²) < 4.78 is 0. The molecule has 0 aliphatic carbocycles. The van der Waals surface area contributed by atoms with Gasteiger partial charge < -0.3 is 10.6 Å². The lowest BCUT2D eigenvalue weighted by Gasteiger charge is -2.11. The van der Waals surface area contributed by atoms with Gasteiger partial charge in [0.2, 0.25) is 0 Å². The van der Waals surface area contributed by atoms with Crippen LogP contribution in [0, 0.1) is 13.8 Å². The van der Waals surface area contributed by atoms with E-state index in [0.717, 1.165) is 37.6 Å². The number of nitrogens with one attached hydrogen (secondary N) is 2. The van der Waals surface area contributed by atoms with Crippen molar-refractivity contribution in [3.63, 3.8) is 0 Å². The van der Waals surface area contributed by atoms with Gasteiger partial charge in [0.05, 0.1) is 17.2 Å². The molecule has 0 unspecified atom stereocenters. The fraction of sp³-hybridized carbons (Fsp3) is 0.474. The minimum atomic E-state index is 0.703. The van der Waals surface area contributed by atoms with E-state index < -0.39 is 0 Å². The van der Waals surface area contributed by atoms with Gasteiger partial charge in [-0.15, -0.1) is 11.3 Å². The maximum absolute atomic E-state index is 4.72. The summed E-state index contributed by atoms with van der Waals surface area (Å²) in [5, 5.41) is 7.91. The average Bonchev–Trinajstić information content (AvgIpc) is 2.91. The highest BCUT2D eigenvalue weighted by Crippen LogP contribution is 2.16. The molecule has 4 nitrogen and oxygen atoms in total. The molecule has 130 valence electrons. The molecule has 0 radical (unpaired) electrons. The largest absolute Gasteiger partial charge is 0.357 e. The van der Waals surface area contributed by atoms with E-state index in [-0.39, 0.29) is 0 Å². The van der Waals surface area contributed by atoms with Crippen molar-refractivity contribution in [1.29, 1.82) is 0 Å². The van der Waals surface area contributed by atoms with Crippen molar-refractivity contribution in [2.75, 3.05) is 13.1 Å². The van der Waals surface area contributed by atoms with Crippen LogP contribution in [0.4, 0.5) is 0 Å². The zero-order valence-corrected chi connectivity index (χ0v) is 16.0. The molecule has 2 N–H and O–H groups in total. The Balaban J connectivity index is 1.92. The van der Waals surface area contributed by atoms with E-state index >= 15 is 0 Å². The summed E-state index contributed by atoms with van der Waals surface area (Å²) in [7, 11) is 0. The van der Waals surface area contributed by atoms with E-state index in [4.69, 9.17) is 4.99 Å².